The molecule has 0 aliphatic rings. The van der Waals surface area contributed by atoms with Gasteiger partial charge in [0, 0.05) is 6.54 Å². The molecule has 0 spiro atoms. The third kappa shape index (κ3) is 3.56. The summed E-state index contributed by atoms with van der Waals surface area (Å²) < 4.78 is 48.0. The lowest BCUT2D eigenvalue weighted by Crippen LogP contribution is -2.23. The van der Waals surface area contributed by atoms with Crippen molar-refractivity contribution in [2.45, 2.75) is 19.6 Å². The Morgan fingerprint density at radius 2 is 1.88 bits per heavy atom. The molecule has 2 aromatic heterocycles. The number of carbonyl (C=O) groups excluding carboxylic acids is 1. The van der Waals surface area contributed by atoms with Gasteiger partial charge in [-0.1, -0.05) is 17.3 Å². The van der Waals surface area contributed by atoms with E-state index in [2.05, 4.69) is 10.5 Å². The second kappa shape index (κ2) is 6.58. The standard InChI is InChI=1S/C17H14F3N3O3/c1-9-2-7-12(25-9)14-13(15(21)26-23-14)16(24)22-8-10-3-5-11(6-4-10)17(18,19)20/h2-7H,8,21H2,1H3,(H,22,24). The molecular formula is C17H14F3N3O3. The largest absolute Gasteiger partial charge is 0.460 e. The van der Waals surface area contributed by atoms with E-state index >= 15 is 0 Å². The topological polar surface area (TPSA) is 94.3 Å². The van der Waals surface area contributed by atoms with Gasteiger partial charge >= 0.3 is 6.18 Å². The van der Waals surface area contributed by atoms with Gasteiger partial charge in [-0.15, -0.1) is 0 Å². The molecule has 1 aromatic carbocycles. The summed E-state index contributed by atoms with van der Waals surface area (Å²) in [7, 11) is 0. The Morgan fingerprint density at radius 1 is 1.19 bits per heavy atom. The molecule has 0 unspecified atom stereocenters. The minimum atomic E-state index is -4.41. The average molecular weight is 365 g/mol. The summed E-state index contributed by atoms with van der Waals surface area (Å²) in [6.07, 6.45) is -4.41. The number of halogens is 3. The fourth-order valence-electron chi connectivity index (χ4n) is 2.33. The molecule has 0 fully saturated rings. The molecule has 0 saturated carbocycles. The molecule has 6 nitrogen and oxygen atoms in total. The first-order valence-corrected chi connectivity index (χ1v) is 7.52. The van der Waals surface area contributed by atoms with Crippen molar-refractivity contribution in [1.29, 1.82) is 0 Å². The molecule has 0 aliphatic heterocycles. The second-order valence-corrected chi connectivity index (χ2v) is 5.56. The quantitative estimate of drug-likeness (QED) is 0.734. The van der Waals surface area contributed by atoms with Crippen LogP contribution >= 0.6 is 0 Å². The number of rotatable bonds is 4. The number of nitrogen functional groups attached to an aromatic ring is 1. The van der Waals surface area contributed by atoms with Crippen LogP contribution in [-0.2, 0) is 12.7 Å². The molecule has 1 amide bonds. The third-order valence-electron chi connectivity index (χ3n) is 3.65. The first-order chi connectivity index (χ1) is 12.3. The number of hydrogen-bond donors (Lipinski definition) is 2. The number of nitrogens with two attached hydrogens (primary N) is 1. The summed E-state index contributed by atoms with van der Waals surface area (Å²) in [4.78, 5) is 12.4. The highest BCUT2D eigenvalue weighted by Gasteiger charge is 2.30. The Hall–Kier alpha value is -3.23. The lowest BCUT2D eigenvalue weighted by atomic mass is 10.1. The number of amides is 1. The van der Waals surface area contributed by atoms with Crippen molar-refractivity contribution in [1.82, 2.24) is 10.5 Å². The fraction of sp³-hybridized carbons (Fsp3) is 0.176. The SMILES string of the molecule is Cc1ccc(-c2noc(N)c2C(=O)NCc2ccc(C(F)(F)F)cc2)o1. The number of furan rings is 1. The van der Waals surface area contributed by atoms with Crippen molar-refractivity contribution in [3.05, 3.63) is 58.8 Å². The number of nitrogens with zero attached hydrogens (tertiary/aromatic N) is 1. The summed E-state index contributed by atoms with van der Waals surface area (Å²) in [5, 5.41) is 6.31. The van der Waals surface area contributed by atoms with Crippen molar-refractivity contribution in [3.63, 3.8) is 0 Å². The number of benzene rings is 1. The molecule has 2 heterocycles. The lowest BCUT2D eigenvalue weighted by molar-refractivity contribution is -0.137. The number of aryl methyl sites for hydroxylation is 1. The Balaban J connectivity index is 1.74. The second-order valence-electron chi connectivity index (χ2n) is 5.56. The predicted molar refractivity (Wildman–Crippen MR) is 86.0 cm³/mol. The van der Waals surface area contributed by atoms with E-state index in [0.717, 1.165) is 12.1 Å². The van der Waals surface area contributed by atoms with Crippen LogP contribution in [-0.4, -0.2) is 11.1 Å². The molecule has 0 atom stereocenters. The number of nitrogens with one attached hydrogen (secondary N) is 1. The summed E-state index contributed by atoms with van der Waals surface area (Å²) in [6, 6.07) is 7.80. The van der Waals surface area contributed by atoms with E-state index in [9.17, 15) is 18.0 Å². The number of hydrogen-bond acceptors (Lipinski definition) is 5. The van der Waals surface area contributed by atoms with Gasteiger partial charge in [-0.05, 0) is 36.8 Å². The zero-order chi connectivity index (χ0) is 18.9. The monoisotopic (exact) mass is 365 g/mol. The summed E-state index contributed by atoms with van der Waals surface area (Å²) >= 11 is 0. The minimum Gasteiger partial charge on any atom is -0.460 e. The van der Waals surface area contributed by atoms with Crippen LogP contribution in [0.3, 0.4) is 0 Å². The van der Waals surface area contributed by atoms with Gasteiger partial charge in [0.2, 0.25) is 5.88 Å². The molecule has 3 N–H and O–H groups in total. The van der Waals surface area contributed by atoms with Gasteiger partial charge in [0.05, 0.1) is 5.56 Å². The van der Waals surface area contributed by atoms with E-state index in [-0.39, 0.29) is 23.7 Å². The fourth-order valence-corrected chi connectivity index (χ4v) is 2.33. The van der Waals surface area contributed by atoms with Crippen LogP contribution < -0.4 is 11.1 Å². The molecular weight excluding hydrogens is 351 g/mol. The van der Waals surface area contributed by atoms with Gasteiger partial charge < -0.3 is 20.0 Å². The van der Waals surface area contributed by atoms with E-state index in [4.69, 9.17) is 14.7 Å². The Kier molecular flexibility index (Phi) is 4.45. The van der Waals surface area contributed by atoms with Gasteiger partial charge in [-0.25, -0.2) is 0 Å². The Bertz CT molecular complexity index is 927. The van der Waals surface area contributed by atoms with Crippen LogP contribution in [0, 0.1) is 6.92 Å². The van der Waals surface area contributed by atoms with Crippen molar-refractivity contribution in [3.8, 4) is 11.5 Å². The van der Waals surface area contributed by atoms with Crippen LogP contribution in [0.4, 0.5) is 19.1 Å². The normalized spacial score (nSPS) is 11.5. The maximum absolute atomic E-state index is 12.6. The first kappa shape index (κ1) is 17.6. The lowest BCUT2D eigenvalue weighted by Gasteiger charge is -2.08. The van der Waals surface area contributed by atoms with Crippen molar-refractivity contribution >= 4 is 11.8 Å². The van der Waals surface area contributed by atoms with Gasteiger partial charge in [-0.2, -0.15) is 13.2 Å². The molecule has 0 aliphatic carbocycles. The predicted octanol–water partition coefficient (Wildman–Crippen LogP) is 3.77. The van der Waals surface area contributed by atoms with Crippen LogP contribution in [0.2, 0.25) is 0 Å². The maximum Gasteiger partial charge on any atom is 0.416 e. The zero-order valence-corrected chi connectivity index (χ0v) is 13.6. The van der Waals surface area contributed by atoms with E-state index in [1.807, 2.05) is 0 Å². The molecule has 9 heteroatoms. The highest BCUT2D eigenvalue weighted by Crippen LogP contribution is 2.30. The van der Waals surface area contributed by atoms with E-state index in [0.29, 0.717) is 17.1 Å². The Labute approximate surface area is 145 Å². The van der Waals surface area contributed by atoms with Gasteiger partial charge in [0.25, 0.3) is 5.91 Å². The van der Waals surface area contributed by atoms with Crippen LogP contribution in [0.1, 0.15) is 27.2 Å². The van der Waals surface area contributed by atoms with Gasteiger partial charge in [0.15, 0.2) is 11.5 Å². The molecule has 0 saturated heterocycles. The van der Waals surface area contributed by atoms with Crippen molar-refractivity contribution in [2.24, 2.45) is 0 Å². The molecule has 136 valence electrons. The van der Waals surface area contributed by atoms with E-state index < -0.39 is 17.6 Å². The third-order valence-corrected chi connectivity index (χ3v) is 3.65. The van der Waals surface area contributed by atoms with Crippen LogP contribution in [0.15, 0.2) is 45.3 Å². The summed E-state index contributed by atoms with van der Waals surface area (Å²) in [6.45, 7) is 1.75. The highest BCUT2D eigenvalue weighted by atomic mass is 19.4. The Morgan fingerprint density at radius 3 is 2.46 bits per heavy atom. The highest BCUT2D eigenvalue weighted by molar-refractivity contribution is 6.03. The molecule has 26 heavy (non-hydrogen) atoms. The number of anilines is 1. The van der Waals surface area contributed by atoms with Crippen molar-refractivity contribution in [2.75, 3.05) is 5.73 Å². The van der Waals surface area contributed by atoms with Crippen LogP contribution in [0.5, 0.6) is 0 Å². The smallest absolute Gasteiger partial charge is 0.416 e. The average Bonchev–Trinajstić information content (AvgIpc) is 3.18. The van der Waals surface area contributed by atoms with Gasteiger partial charge in [-0.3, -0.25) is 4.79 Å². The molecule has 0 bridgehead atoms. The van der Waals surface area contributed by atoms with Crippen molar-refractivity contribution < 1.29 is 26.9 Å². The maximum atomic E-state index is 12.6. The number of aromatic nitrogens is 1. The molecule has 3 rings (SSSR count). The molecule has 0 radical (unpaired) electrons. The van der Waals surface area contributed by atoms with Crippen LogP contribution in [0.25, 0.3) is 11.5 Å². The van der Waals surface area contributed by atoms with E-state index in [1.54, 1.807) is 19.1 Å². The minimum absolute atomic E-state index is 0.00580. The molecule has 3 aromatic rings. The zero-order valence-electron chi connectivity index (χ0n) is 13.6. The summed E-state index contributed by atoms with van der Waals surface area (Å²) in [5.74, 6) is 0.187. The number of carbonyl (C=O) groups is 1. The number of alkyl halides is 3. The van der Waals surface area contributed by atoms with E-state index in [1.165, 1.54) is 12.1 Å². The summed E-state index contributed by atoms with van der Waals surface area (Å²) in [5.41, 5.74) is 5.56. The first-order valence-electron chi connectivity index (χ1n) is 7.52. The van der Waals surface area contributed by atoms with Gasteiger partial charge in [0.1, 0.15) is 11.3 Å².